The summed E-state index contributed by atoms with van der Waals surface area (Å²) in [6, 6.07) is 7.21. The van der Waals surface area contributed by atoms with Gasteiger partial charge in [-0.3, -0.25) is 4.79 Å². The van der Waals surface area contributed by atoms with Crippen molar-refractivity contribution in [3.05, 3.63) is 40.9 Å². The van der Waals surface area contributed by atoms with Crippen LogP contribution in [0, 0.1) is 23.7 Å². The smallest absolute Gasteiger partial charge is 0.303 e. The molecule has 8 heteroatoms. The van der Waals surface area contributed by atoms with E-state index in [2.05, 4.69) is 32.8 Å². The molecule has 190 valence electrons. The Balaban J connectivity index is 0.000000396. The predicted molar refractivity (Wildman–Crippen MR) is 139 cm³/mol. The highest BCUT2D eigenvalue weighted by Crippen LogP contribution is 2.52. The Bertz CT molecular complexity index is 913. The zero-order valence-electron chi connectivity index (χ0n) is 19.9. The number of rotatable bonds is 9. The minimum atomic E-state index is -3.50. The number of halogens is 1. The fourth-order valence-electron chi connectivity index (χ4n) is 5.72. The highest BCUT2D eigenvalue weighted by molar-refractivity contribution is 9.10. The summed E-state index contributed by atoms with van der Waals surface area (Å²) < 4.78 is 28.8. The summed E-state index contributed by atoms with van der Waals surface area (Å²) in [7, 11) is -3.50. The molecule has 1 aromatic rings. The second-order valence-electron chi connectivity index (χ2n) is 9.99. The van der Waals surface area contributed by atoms with E-state index in [0.717, 1.165) is 10.9 Å². The van der Waals surface area contributed by atoms with Crippen molar-refractivity contribution in [2.45, 2.75) is 81.6 Å². The van der Waals surface area contributed by atoms with Crippen LogP contribution in [-0.2, 0) is 14.8 Å². The van der Waals surface area contributed by atoms with Crippen molar-refractivity contribution in [1.82, 2.24) is 4.72 Å². The number of carboxylic acid groups (broad SMARTS) is 1. The Morgan fingerprint density at radius 1 is 1.09 bits per heavy atom. The van der Waals surface area contributed by atoms with Crippen molar-refractivity contribution in [2.75, 3.05) is 6.54 Å². The number of unbranched alkanes of at least 4 members (excludes halogenated alkanes) is 1. The SMILES string of the molecule is NC1CCCCC1.O=C(O)CCCC=CC1C2CCC(C2)C1CNS(=O)(=O)c1ccc(Br)cc1. The number of carboxylic acids is 1. The molecule has 4 atom stereocenters. The van der Waals surface area contributed by atoms with Crippen molar-refractivity contribution < 1.29 is 18.3 Å². The zero-order chi connectivity index (χ0) is 24.6. The first-order chi connectivity index (χ1) is 16.3. The number of hydrogen-bond acceptors (Lipinski definition) is 4. The van der Waals surface area contributed by atoms with Gasteiger partial charge in [0.1, 0.15) is 0 Å². The normalized spacial score (nSPS) is 27.0. The van der Waals surface area contributed by atoms with Crippen LogP contribution < -0.4 is 10.5 Å². The van der Waals surface area contributed by atoms with Crippen LogP contribution in [0.5, 0.6) is 0 Å². The lowest BCUT2D eigenvalue weighted by Crippen LogP contribution is -2.35. The van der Waals surface area contributed by atoms with E-state index in [9.17, 15) is 13.2 Å². The van der Waals surface area contributed by atoms with Gasteiger partial charge in [0.05, 0.1) is 4.90 Å². The average molecular weight is 556 g/mol. The van der Waals surface area contributed by atoms with Crippen LogP contribution in [0.2, 0.25) is 0 Å². The van der Waals surface area contributed by atoms with Crippen LogP contribution in [0.3, 0.4) is 0 Å². The minimum Gasteiger partial charge on any atom is -0.481 e. The van der Waals surface area contributed by atoms with E-state index >= 15 is 0 Å². The first kappa shape index (κ1) is 27.4. The van der Waals surface area contributed by atoms with Gasteiger partial charge in [0.2, 0.25) is 10.0 Å². The molecule has 3 saturated carbocycles. The highest BCUT2D eigenvalue weighted by atomic mass is 79.9. The quantitative estimate of drug-likeness (QED) is 0.276. The molecule has 0 amide bonds. The molecule has 4 N–H and O–H groups in total. The predicted octanol–water partition coefficient (Wildman–Crippen LogP) is 5.48. The summed E-state index contributed by atoms with van der Waals surface area (Å²) in [6.45, 7) is 0.462. The van der Waals surface area contributed by atoms with Gasteiger partial charge in [-0.25, -0.2) is 13.1 Å². The first-order valence-corrected chi connectivity index (χ1v) is 14.9. The minimum absolute atomic E-state index is 0.192. The van der Waals surface area contributed by atoms with Crippen LogP contribution >= 0.6 is 15.9 Å². The second-order valence-corrected chi connectivity index (χ2v) is 12.7. The van der Waals surface area contributed by atoms with Gasteiger partial charge < -0.3 is 10.8 Å². The van der Waals surface area contributed by atoms with E-state index in [4.69, 9.17) is 10.8 Å². The number of carbonyl (C=O) groups is 1. The number of sulfonamides is 1. The maximum Gasteiger partial charge on any atom is 0.303 e. The van der Waals surface area contributed by atoms with Crippen molar-refractivity contribution in [3.8, 4) is 0 Å². The summed E-state index contributed by atoms with van der Waals surface area (Å²) in [5.41, 5.74) is 5.63. The number of allylic oxidation sites excluding steroid dienone is 2. The van der Waals surface area contributed by atoms with E-state index in [-0.39, 0.29) is 11.3 Å². The van der Waals surface area contributed by atoms with E-state index in [1.165, 1.54) is 51.4 Å². The van der Waals surface area contributed by atoms with Gasteiger partial charge in [-0.2, -0.15) is 0 Å². The molecule has 0 saturated heterocycles. The largest absolute Gasteiger partial charge is 0.481 e. The molecule has 1 aromatic carbocycles. The average Bonchev–Trinajstić information content (AvgIpc) is 3.40. The summed E-state index contributed by atoms with van der Waals surface area (Å²) in [6.07, 6.45) is 16.1. The maximum atomic E-state index is 12.6. The van der Waals surface area contributed by atoms with Gasteiger partial charge in [-0.05, 0) is 92.9 Å². The monoisotopic (exact) mass is 554 g/mol. The molecule has 0 aliphatic heterocycles. The summed E-state index contributed by atoms with van der Waals surface area (Å²) in [4.78, 5) is 10.9. The number of aliphatic carboxylic acids is 1. The fourth-order valence-corrected chi connectivity index (χ4v) is 7.06. The van der Waals surface area contributed by atoms with Crippen LogP contribution in [0.25, 0.3) is 0 Å². The molecule has 2 bridgehead atoms. The molecule has 3 aliphatic rings. The third kappa shape index (κ3) is 8.18. The molecule has 6 nitrogen and oxygen atoms in total. The van der Waals surface area contributed by atoms with Crippen LogP contribution in [0.4, 0.5) is 0 Å². The number of nitrogens with one attached hydrogen (secondary N) is 1. The van der Waals surface area contributed by atoms with Crippen LogP contribution in [0.15, 0.2) is 45.8 Å². The lowest BCUT2D eigenvalue weighted by atomic mass is 9.79. The topological polar surface area (TPSA) is 109 Å². The molecule has 3 fully saturated rings. The van der Waals surface area contributed by atoms with Crippen LogP contribution in [-0.4, -0.2) is 32.1 Å². The van der Waals surface area contributed by atoms with Crippen molar-refractivity contribution in [2.24, 2.45) is 29.4 Å². The Morgan fingerprint density at radius 2 is 1.76 bits per heavy atom. The van der Waals surface area contributed by atoms with Crippen molar-refractivity contribution in [3.63, 3.8) is 0 Å². The first-order valence-electron chi connectivity index (χ1n) is 12.7. The standard InChI is InChI=1S/C20H26BrNO4S.C6H13N/c21-16-8-10-17(11-9-16)27(25,26)22-13-19-15-7-6-14(12-15)18(19)4-2-1-3-5-20(23)24;7-6-4-2-1-3-5-6/h2,4,8-11,14-15,18-19,22H,1,3,5-7,12-13H2,(H,23,24);6H,1-5,7H2. The molecule has 3 aliphatic carbocycles. The van der Waals surface area contributed by atoms with E-state index in [0.29, 0.717) is 42.7 Å². The van der Waals surface area contributed by atoms with Gasteiger partial charge in [0.15, 0.2) is 0 Å². The van der Waals surface area contributed by atoms with Crippen LogP contribution in [0.1, 0.15) is 70.6 Å². The third-order valence-corrected chi connectivity index (χ3v) is 9.53. The molecule has 0 heterocycles. The number of hydrogen-bond donors (Lipinski definition) is 3. The Kier molecular flexibility index (Phi) is 10.6. The highest BCUT2D eigenvalue weighted by Gasteiger charge is 2.46. The lowest BCUT2D eigenvalue weighted by Gasteiger charge is -2.29. The van der Waals surface area contributed by atoms with Gasteiger partial charge in [-0.1, -0.05) is 47.3 Å². The number of nitrogens with two attached hydrogens (primary N) is 1. The maximum absolute atomic E-state index is 12.6. The molecule has 34 heavy (non-hydrogen) atoms. The fraction of sp³-hybridized carbons (Fsp3) is 0.654. The number of benzene rings is 1. The van der Waals surface area contributed by atoms with Crippen molar-refractivity contribution in [1.29, 1.82) is 0 Å². The Labute approximate surface area is 213 Å². The molecule has 0 spiro atoms. The third-order valence-electron chi connectivity index (χ3n) is 7.56. The molecule has 0 radical (unpaired) electrons. The van der Waals surface area contributed by atoms with E-state index in [1.807, 2.05) is 0 Å². The van der Waals surface area contributed by atoms with E-state index < -0.39 is 16.0 Å². The molecular weight excluding hydrogens is 516 g/mol. The second kappa shape index (κ2) is 13.2. The molecular formula is C26H39BrN2O4S. The van der Waals surface area contributed by atoms with E-state index in [1.54, 1.807) is 24.3 Å². The zero-order valence-corrected chi connectivity index (χ0v) is 22.3. The summed E-state index contributed by atoms with van der Waals surface area (Å²) >= 11 is 3.32. The Hall–Kier alpha value is -1.22. The molecule has 4 rings (SSSR count). The number of fused-ring (bicyclic) bond motifs is 2. The lowest BCUT2D eigenvalue weighted by molar-refractivity contribution is -0.137. The van der Waals surface area contributed by atoms with Gasteiger partial charge in [0, 0.05) is 23.5 Å². The Morgan fingerprint density at radius 3 is 2.38 bits per heavy atom. The van der Waals surface area contributed by atoms with Crippen molar-refractivity contribution >= 4 is 31.9 Å². The molecule has 4 unspecified atom stereocenters. The summed E-state index contributed by atoms with van der Waals surface area (Å²) in [5.74, 6) is 1.17. The summed E-state index contributed by atoms with van der Waals surface area (Å²) in [5, 5.41) is 8.72. The van der Waals surface area contributed by atoms with Gasteiger partial charge in [-0.15, -0.1) is 0 Å². The molecule has 0 aromatic heterocycles. The van der Waals surface area contributed by atoms with Gasteiger partial charge >= 0.3 is 5.97 Å². The van der Waals surface area contributed by atoms with Gasteiger partial charge in [0.25, 0.3) is 0 Å².